The molecular weight excluding hydrogens is 302 g/mol. The minimum absolute atomic E-state index is 0.0958. The van der Waals surface area contributed by atoms with E-state index in [0.29, 0.717) is 19.0 Å². The van der Waals surface area contributed by atoms with E-state index in [4.69, 9.17) is 9.15 Å². The molecule has 1 fully saturated rings. The molecule has 24 heavy (non-hydrogen) atoms. The van der Waals surface area contributed by atoms with Crippen molar-refractivity contribution in [1.82, 2.24) is 5.32 Å². The average Bonchev–Trinajstić information content (AvgIpc) is 3.22. The predicted molar refractivity (Wildman–Crippen MR) is 90.9 cm³/mol. The monoisotopic (exact) mass is 325 g/mol. The average molecular weight is 325 g/mol. The Kier molecular flexibility index (Phi) is 3.93. The van der Waals surface area contributed by atoms with Gasteiger partial charge in [-0.15, -0.1) is 0 Å². The number of aryl methyl sites for hydroxylation is 1. The highest BCUT2D eigenvalue weighted by Crippen LogP contribution is 2.39. The first-order valence-corrected chi connectivity index (χ1v) is 8.75. The zero-order chi connectivity index (χ0) is 16.6. The zero-order valence-corrected chi connectivity index (χ0v) is 14.1. The van der Waals surface area contributed by atoms with E-state index in [9.17, 15) is 4.79 Å². The van der Waals surface area contributed by atoms with Crippen molar-refractivity contribution in [2.45, 2.75) is 51.2 Å². The normalized spacial score (nSPS) is 19.0. The van der Waals surface area contributed by atoms with Gasteiger partial charge in [0.2, 0.25) is 0 Å². The lowest BCUT2D eigenvalue weighted by molar-refractivity contribution is 0.0864. The molecule has 0 spiro atoms. The molecule has 0 atom stereocenters. The number of hydrogen-bond donors (Lipinski definition) is 1. The molecule has 0 saturated heterocycles. The molecule has 1 aromatic carbocycles. The van der Waals surface area contributed by atoms with Gasteiger partial charge >= 0.3 is 0 Å². The fourth-order valence-electron chi connectivity index (χ4n) is 4.04. The highest BCUT2D eigenvalue weighted by molar-refractivity contribution is 5.94. The van der Waals surface area contributed by atoms with Gasteiger partial charge in [0.1, 0.15) is 0 Å². The van der Waals surface area contributed by atoms with Crippen molar-refractivity contribution < 1.29 is 13.9 Å². The quantitative estimate of drug-likeness (QED) is 0.932. The third-order valence-corrected chi connectivity index (χ3v) is 5.32. The van der Waals surface area contributed by atoms with Crippen LogP contribution in [-0.2, 0) is 23.3 Å². The Bertz CT molecular complexity index is 756. The van der Waals surface area contributed by atoms with Crippen molar-refractivity contribution in [1.29, 1.82) is 0 Å². The summed E-state index contributed by atoms with van der Waals surface area (Å²) in [5, 5.41) is 3.31. The first-order chi connectivity index (χ1) is 11.7. The third-order valence-electron chi connectivity index (χ3n) is 5.32. The molecule has 4 nitrogen and oxygen atoms in total. The Hall–Kier alpha value is -2.07. The van der Waals surface area contributed by atoms with Gasteiger partial charge in [0.15, 0.2) is 5.76 Å². The van der Waals surface area contributed by atoms with E-state index in [1.54, 1.807) is 6.26 Å². The largest absolute Gasteiger partial charge is 0.459 e. The maximum Gasteiger partial charge on any atom is 0.287 e. The van der Waals surface area contributed by atoms with Gasteiger partial charge in [0.25, 0.3) is 5.91 Å². The number of nitrogens with one attached hydrogen (secondary N) is 1. The molecule has 0 bridgehead atoms. The van der Waals surface area contributed by atoms with Crippen LogP contribution in [0.5, 0.6) is 0 Å². The number of furan rings is 1. The van der Waals surface area contributed by atoms with Crippen molar-refractivity contribution in [2.24, 2.45) is 0 Å². The molecule has 1 aromatic heterocycles. The van der Waals surface area contributed by atoms with Gasteiger partial charge in [0, 0.05) is 17.5 Å². The summed E-state index contributed by atoms with van der Waals surface area (Å²) in [6.07, 6.45) is 6.64. The predicted octanol–water partition coefficient (Wildman–Crippen LogP) is 3.86. The molecule has 1 aliphatic carbocycles. The Morgan fingerprint density at radius 1 is 1.25 bits per heavy atom. The van der Waals surface area contributed by atoms with Crippen molar-refractivity contribution in [3.63, 3.8) is 0 Å². The van der Waals surface area contributed by atoms with Crippen LogP contribution in [0.3, 0.4) is 0 Å². The minimum atomic E-state index is -0.270. The van der Waals surface area contributed by atoms with Gasteiger partial charge in [-0.1, -0.05) is 42.7 Å². The van der Waals surface area contributed by atoms with E-state index in [0.717, 1.165) is 43.2 Å². The van der Waals surface area contributed by atoms with Crippen LogP contribution < -0.4 is 5.32 Å². The van der Waals surface area contributed by atoms with Crippen LogP contribution in [0.2, 0.25) is 0 Å². The van der Waals surface area contributed by atoms with E-state index in [1.165, 1.54) is 11.1 Å². The maximum atomic E-state index is 13.0. The Balaban J connectivity index is 1.64. The zero-order valence-electron chi connectivity index (χ0n) is 14.1. The molecule has 1 amide bonds. The smallest absolute Gasteiger partial charge is 0.287 e. The van der Waals surface area contributed by atoms with Gasteiger partial charge in [-0.2, -0.15) is 0 Å². The summed E-state index contributed by atoms with van der Waals surface area (Å²) in [6.45, 7) is 3.28. The summed E-state index contributed by atoms with van der Waals surface area (Å²) in [7, 11) is 0. The summed E-state index contributed by atoms with van der Waals surface area (Å²) in [6, 6.07) is 8.49. The minimum Gasteiger partial charge on any atom is -0.459 e. The summed E-state index contributed by atoms with van der Waals surface area (Å²) >= 11 is 0. The number of hydrogen-bond acceptors (Lipinski definition) is 3. The Labute approximate surface area is 142 Å². The molecule has 1 N–H and O–H groups in total. The van der Waals surface area contributed by atoms with E-state index in [1.807, 2.05) is 0 Å². The van der Waals surface area contributed by atoms with E-state index >= 15 is 0 Å². The SMILES string of the molecule is Cc1cccc(C2(NC(=O)c3occ4c3CCOC4)CCCC2)c1. The second kappa shape index (κ2) is 6.10. The van der Waals surface area contributed by atoms with Gasteiger partial charge in [-0.25, -0.2) is 0 Å². The molecule has 4 rings (SSSR count). The number of ether oxygens (including phenoxy) is 1. The Morgan fingerprint density at radius 2 is 2.08 bits per heavy atom. The number of rotatable bonds is 3. The molecule has 2 aromatic rings. The number of amides is 1. The van der Waals surface area contributed by atoms with Crippen molar-refractivity contribution in [2.75, 3.05) is 6.61 Å². The third kappa shape index (κ3) is 2.65. The molecule has 2 aliphatic rings. The Morgan fingerprint density at radius 3 is 2.88 bits per heavy atom. The van der Waals surface area contributed by atoms with Crippen LogP contribution in [-0.4, -0.2) is 12.5 Å². The first-order valence-electron chi connectivity index (χ1n) is 8.75. The van der Waals surface area contributed by atoms with Crippen LogP contribution in [0.25, 0.3) is 0 Å². The standard InChI is InChI=1S/C20H23NO3/c1-14-5-4-6-16(11-14)20(8-2-3-9-20)21-19(22)18-17-7-10-23-12-15(17)13-24-18/h4-6,11,13H,2-3,7-10,12H2,1H3,(H,21,22). The lowest BCUT2D eigenvalue weighted by atomic mass is 9.87. The van der Waals surface area contributed by atoms with Gasteiger partial charge in [-0.3, -0.25) is 4.79 Å². The van der Waals surface area contributed by atoms with E-state index < -0.39 is 0 Å². The van der Waals surface area contributed by atoms with Crippen LogP contribution in [0.1, 0.15) is 58.5 Å². The first kappa shape index (κ1) is 15.5. The van der Waals surface area contributed by atoms with E-state index in [-0.39, 0.29) is 11.4 Å². The van der Waals surface area contributed by atoms with Gasteiger partial charge in [-0.05, 0) is 25.3 Å². The molecule has 0 unspecified atom stereocenters. The second-order valence-corrected chi connectivity index (χ2v) is 6.98. The second-order valence-electron chi connectivity index (χ2n) is 6.98. The lowest BCUT2D eigenvalue weighted by Crippen LogP contribution is -2.44. The maximum absolute atomic E-state index is 13.0. The molecule has 2 heterocycles. The number of carbonyl (C=O) groups is 1. The fourth-order valence-corrected chi connectivity index (χ4v) is 4.04. The molecule has 0 radical (unpaired) electrons. The highest BCUT2D eigenvalue weighted by Gasteiger charge is 2.38. The molecular formula is C20H23NO3. The van der Waals surface area contributed by atoms with E-state index in [2.05, 4.69) is 36.5 Å². The van der Waals surface area contributed by atoms with Crippen LogP contribution in [0.4, 0.5) is 0 Å². The topological polar surface area (TPSA) is 51.5 Å². The van der Waals surface area contributed by atoms with Gasteiger partial charge in [0.05, 0.1) is 25.0 Å². The summed E-state index contributed by atoms with van der Waals surface area (Å²) in [5.41, 5.74) is 4.17. The molecule has 1 saturated carbocycles. The number of fused-ring (bicyclic) bond motifs is 1. The summed E-state index contributed by atoms with van der Waals surface area (Å²) in [5.74, 6) is 0.369. The fraction of sp³-hybridized carbons (Fsp3) is 0.450. The van der Waals surface area contributed by atoms with Crippen molar-refractivity contribution in [3.8, 4) is 0 Å². The van der Waals surface area contributed by atoms with Crippen LogP contribution in [0, 0.1) is 6.92 Å². The lowest BCUT2D eigenvalue weighted by Gasteiger charge is -2.31. The van der Waals surface area contributed by atoms with Gasteiger partial charge < -0.3 is 14.5 Å². The summed E-state index contributed by atoms with van der Waals surface area (Å²) < 4.78 is 11.0. The van der Waals surface area contributed by atoms with Crippen molar-refractivity contribution >= 4 is 5.91 Å². The molecule has 126 valence electrons. The van der Waals surface area contributed by atoms with Crippen LogP contribution in [0.15, 0.2) is 34.9 Å². The molecule has 1 aliphatic heterocycles. The highest BCUT2D eigenvalue weighted by atomic mass is 16.5. The summed E-state index contributed by atoms with van der Waals surface area (Å²) in [4.78, 5) is 13.0. The van der Waals surface area contributed by atoms with Crippen LogP contribution >= 0.6 is 0 Å². The number of carbonyl (C=O) groups excluding carboxylic acids is 1. The number of benzene rings is 1. The molecule has 4 heteroatoms. The van der Waals surface area contributed by atoms with Crippen molar-refractivity contribution in [3.05, 3.63) is 58.5 Å².